The molecule has 0 fully saturated rings. The van der Waals surface area contributed by atoms with Gasteiger partial charge in [-0.1, -0.05) is 29.8 Å². The van der Waals surface area contributed by atoms with Crippen LogP contribution in [0.25, 0.3) is 6.08 Å². The monoisotopic (exact) mass is 388 g/mol. The lowest BCUT2D eigenvalue weighted by Gasteiger charge is -2.15. The fourth-order valence-electron chi connectivity index (χ4n) is 2.34. The summed E-state index contributed by atoms with van der Waals surface area (Å²) in [6, 6.07) is 12.5. The zero-order valence-electron chi connectivity index (χ0n) is 15.1. The van der Waals surface area contributed by atoms with E-state index in [2.05, 4.69) is 0 Å². The molecule has 0 heterocycles. The molecule has 142 valence electrons. The fraction of sp³-hybridized carbons (Fsp3) is 0.200. The number of primary amides is 1. The number of hydrogen-bond donors (Lipinski definition) is 1. The Morgan fingerprint density at radius 1 is 1.19 bits per heavy atom. The van der Waals surface area contributed by atoms with Gasteiger partial charge in [0.1, 0.15) is 0 Å². The van der Waals surface area contributed by atoms with Crippen LogP contribution in [-0.4, -0.2) is 37.5 Å². The van der Waals surface area contributed by atoms with Crippen LogP contribution in [0.2, 0.25) is 5.02 Å². The molecule has 0 radical (unpaired) electrons. The Kier molecular flexibility index (Phi) is 7.25. The van der Waals surface area contributed by atoms with Crippen LogP contribution in [0.5, 0.6) is 11.5 Å². The number of ether oxygens (including phenoxy) is 2. The van der Waals surface area contributed by atoms with Gasteiger partial charge in [-0.05, 0) is 41.5 Å². The molecule has 0 atom stereocenters. The number of carbonyl (C=O) groups excluding carboxylic acids is 2. The van der Waals surface area contributed by atoms with Gasteiger partial charge in [0.2, 0.25) is 5.91 Å². The second-order valence-corrected chi connectivity index (χ2v) is 6.26. The van der Waals surface area contributed by atoms with Crippen molar-refractivity contribution in [3.63, 3.8) is 0 Å². The number of likely N-dealkylation sites (N-methyl/N-ethyl adjacent to an activating group) is 1. The molecule has 0 saturated heterocycles. The molecule has 0 aliphatic carbocycles. The summed E-state index contributed by atoms with van der Waals surface area (Å²) in [5, 5.41) is 0.634. The molecule has 0 aliphatic rings. The lowest BCUT2D eigenvalue weighted by Crippen LogP contribution is -2.24. The minimum Gasteiger partial charge on any atom is -0.493 e. The first-order valence-electron chi connectivity index (χ1n) is 8.16. The number of carbonyl (C=O) groups is 2. The molecule has 0 aliphatic heterocycles. The van der Waals surface area contributed by atoms with E-state index >= 15 is 0 Å². The minimum absolute atomic E-state index is 0.150. The standard InChI is InChI=1S/C20H21ClN2O4/c1-23(12-15-4-3-5-16(21)10-15)20(25)9-7-14-6-8-17(18(11-14)26-2)27-13-19(22)24/h3-11H,12-13H2,1-2H3,(H2,22,24)/b9-7+. The Morgan fingerprint density at radius 3 is 2.63 bits per heavy atom. The Balaban J connectivity index is 2.03. The Labute approximate surface area is 163 Å². The van der Waals surface area contributed by atoms with Crippen LogP contribution >= 0.6 is 11.6 Å². The predicted molar refractivity (Wildman–Crippen MR) is 105 cm³/mol. The smallest absolute Gasteiger partial charge is 0.255 e. The van der Waals surface area contributed by atoms with Crippen molar-refractivity contribution < 1.29 is 19.1 Å². The van der Waals surface area contributed by atoms with Gasteiger partial charge in [0.25, 0.3) is 5.91 Å². The van der Waals surface area contributed by atoms with Crippen LogP contribution in [0, 0.1) is 0 Å². The summed E-state index contributed by atoms with van der Waals surface area (Å²) in [4.78, 5) is 24.7. The zero-order valence-corrected chi connectivity index (χ0v) is 15.9. The topological polar surface area (TPSA) is 81.9 Å². The van der Waals surface area contributed by atoms with Gasteiger partial charge in [-0.2, -0.15) is 0 Å². The molecule has 2 N–H and O–H groups in total. The van der Waals surface area contributed by atoms with E-state index < -0.39 is 5.91 Å². The van der Waals surface area contributed by atoms with Crippen LogP contribution < -0.4 is 15.2 Å². The van der Waals surface area contributed by atoms with Crippen molar-refractivity contribution in [2.24, 2.45) is 5.73 Å². The van der Waals surface area contributed by atoms with Gasteiger partial charge in [-0.15, -0.1) is 0 Å². The molecule has 0 spiro atoms. The maximum Gasteiger partial charge on any atom is 0.255 e. The van der Waals surface area contributed by atoms with Gasteiger partial charge in [-0.25, -0.2) is 0 Å². The summed E-state index contributed by atoms with van der Waals surface area (Å²) in [6.45, 7) is 0.214. The van der Waals surface area contributed by atoms with E-state index in [-0.39, 0.29) is 12.5 Å². The summed E-state index contributed by atoms with van der Waals surface area (Å²) in [5.41, 5.74) is 6.77. The average Bonchev–Trinajstić information content (AvgIpc) is 2.64. The Bertz CT molecular complexity index is 852. The first-order chi connectivity index (χ1) is 12.9. The first kappa shape index (κ1) is 20.3. The van der Waals surface area contributed by atoms with Crippen molar-refractivity contribution in [1.29, 1.82) is 0 Å². The number of amides is 2. The fourth-order valence-corrected chi connectivity index (χ4v) is 2.55. The van der Waals surface area contributed by atoms with E-state index in [4.69, 9.17) is 26.8 Å². The van der Waals surface area contributed by atoms with Crippen molar-refractivity contribution in [3.8, 4) is 11.5 Å². The number of nitrogens with two attached hydrogens (primary N) is 1. The van der Waals surface area contributed by atoms with E-state index in [0.29, 0.717) is 23.1 Å². The van der Waals surface area contributed by atoms with Gasteiger partial charge in [0, 0.05) is 24.7 Å². The number of methoxy groups -OCH3 is 1. The molecule has 2 aromatic rings. The lowest BCUT2D eigenvalue weighted by molar-refractivity contribution is -0.125. The SMILES string of the molecule is COc1cc(/C=C/C(=O)N(C)Cc2cccc(Cl)c2)ccc1OCC(N)=O. The maximum absolute atomic E-state index is 12.3. The number of rotatable bonds is 8. The third-order valence-corrected chi connectivity index (χ3v) is 3.90. The first-order valence-corrected chi connectivity index (χ1v) is 8.53. The number of hydrogen-bond acceptors (Lipinski definition) is 4. The molecule has 2 amide bonds. The molecule has 27 heavy (non-hydrogen) atoms. The molecule has 0 saturated carbocycles. The molecule has 2 aromatic carbocycles. The molecule has 2 rings (SSSR count). The lowest BCUT2D eigenvalue weighted by atomic mass is 10.1. The van der Waals surface area contributed by atoms with E-state index in [9.17, 15) is 9.59 Å². The van der Waals surface area contributed by atoms with Crippen LogP contribution in [0.3, 0.4) is 0 Å². The minimum atomic E-state index is -0.575. The summed E-state index contributed by atoms with van der Waals surface area (Å²) in [7, 11) is 3.21. The summed E-state index contributed by atoms with van der Waals surface area (Å²) in [6.07, 6.45) is 3.15. The highest BCUT2D eigenvalue weighted by Crippen LogP contribution is 2.28. The molecular formula is C20H21ClN2O4. The van der Waals surface area contributed by atoms with Crippen LogP contribution in [0.4, 0.5) is 0 Å². The van der Waals surface area contributed by atoms with Gasteiger partial charge in [0.05, 0.1) is 7.11 Å². The van der Waals surface area contributed by atoms with Crippen LogP contribution in [-0.2, 0) is 16.1 Å². The van der Waals surface area contributed by atoms with E-state index in [1.165, 1.54) is 13.2 Å². The van der Waals surface area contributed by atoms with Crippen LogP contribution in [0.1, 0.15) is 11.1 Å². The molecule has 0 unspecified atom stereocenters. The Hall–Kier alpha value is -2.99. The molecular weight excluding hydrogens is 368 g/mol. The second kappa shape index (κ2) is 9.64. The number of halogens is 1. The van der Waals surface area contributed by atoms with Gasteiger partial charge >= 0.3 is 0 Å². The highest BCUT2D eigenvalue weighted by atomic mass is 35.5. The summed E-state index contributed by atoms with van der Waals surface area (Å²) >= 11 is 5.96. The number of nitrogens with zero attached hydrogens (tertiary/aromatic N) is 1. The second-order valence-electron chi connectivity index (χ2n) is 5.82. The van der Waals surface area contributed by atoms with E-state index in [0.717, 1.165) is 11.1 Å². The Morgan fingerprint density at radius 2 is 1.96 bits per heavy atom. The highest BCUT2D eigenvalue weighted by Gasteiger charge is 2.08. The molecule has 0 bridgehead atoms. The van der Waals surface area contributed by atoms with Gasteiger partial charge < -0.3 is 20.1 Å². The van der Waals surface area contributed by atoms with E-state index in [1.807, 2.05) is 18.2 Å². The summed E-state index contributed by atoms with van der Waals surface area (Å²) in [5.74, 6) is 0.119. The van der Waals surface area contributed by atoms with Crippen molar-refractivity contribution in [2.75, 3.05) is 20.8 Å². The maximum atomic E-state index is 12.3. The third-order valence-electron chi connectivity index (χ3n) is 3.66. The average molecular weight is 389 g/mol. The quantitative estimate of drug-likeness (QED) is 0.705. The molecule has 0 aromatic heterocycles. The largest absolute Gasteiger partial charge is 0.493 e. The summed E-state index contributed by atoms with van der Waals surface area (Å²) < 4.78 is 10.5. The van der Waals surface area contributed by atoms with Crippen molar-refractivity contribution >= 4 is 29.5 Å². The molecule has 6 nitrogen and oxygen atoms in total. The number of benzene rings is 2. The highest BCUT2D eigenvalue weighted by molar-refractivity contribution is 6.30. The van der Waals surface area contributed by atoms with Crippen LogP contribution in [0.15, 0.2) is 48.5 Å². The normalized spacial score (nSPS) is 10.6. The van der Waals surface area contributed by atoms with Gasteiger partial charge in [-0.3, -0.25) is 9.59 Å². The third kappa shape index (κ3) is 6.34. The van der Waals surface area contributed by atoms with Gasteiger partial charge in [0.15, 0.2) is 18.1 Å². The predicted octanol–water partition coefficient (Wildman–Crippen LogP) is 2.88. The van der Waals surface area contributed by atoms with Crippen molar-refractivity contribution in [2.45, 2.75) is 6.54 Å². The van der Waals surface area contributed by atoms with Crippen molar-refractivity contribution in [1.82, 2.24) is 4.90 Å². The van der Waals surface area contributed by atoms with Crippen molar-refractivity contribution in [3.05, 3.63) is 64.7 Å². The zero-order chi connectivity index (χ0) is 19.8. The van der Waals surface area contributed by atoms with E-state index in [1.54, 1.807) is 42.3 Å². The molecule has 7 heteroatoms.